The molecule has 0 aliphatic carbocycles. The highest BCUT2D eigenvalue weighted by molar-refractivity contribution is 8.00. The Morgan fingerprint density at radius 2 is 1.46 bits per heavy atom. The second-order valence-electron chi connectivity index (χ2n) is 8.56. The van der Waals surface area contributed by atoms with Gasteiger partial charge in [0.2, 0.25) is 5.91 Å². The Morgan fingerprint density at radius 3 is 2.11 bits per heavy atom. The zero-order chi connectivity index (χ0) is 26.4. The Bertz CT molecular complexity index is 1420. The molecule has 0 heterocycles. The molecular weight excluding hydrogens is 486 g/mol. The molecule has 186 valence electrons. The fourth-order valence-corrected chi connectivity index (χ4v) is 4.90. The average Bonchev–Trinajstić information content (AvgIpc) is 2.88. The highest BCUT2D eigenvalue weighted by Gasteiger charge is 2.22. The number of nitrogens with zero attached hydrogens (tertiary/aromatic N) is 1. The second kappa shape index (κ2) is 11.5. The van der Waals surface area contributed by atoms with Crippen molar-refractivity contribution >= 4 is 40.6 Å². The molecule has 0 saturated heterocycles. The van der Waals surface area contributed by atoms with Crippen molar-refractivity contribution in [2.45, 2.75) is 24.0 Å². The molecule has 4 aromatic rings. The van der Waals surface area contributed by atoms with Gasteiger partial charge in [-0.15, -0.1) is 11.8 Å². The van der Waals surface area contributed by atoms with Crippen molar-refractivity contribution in [2.75, 3.05) is 10.6 Å². The average molecular weight is 512 g/mol. The molecule has 4 aromatic carbocycles. The lowest BCUT2D eigenvalue weighted by Gasteiger charge is -2.18. The number of hydrogen-bond acceptors (Lipinski definition) is 5. The van der Waals surface area contributed by atoms with Crippen LogP contribution in [0.1, 0.15) is 32.3 Å². The summed E-state index contributed by atoms with van der Waals surface area (Å²) in [6.07, 6.45) is 0. The predicted molar refractivity (Wildman–Crippen MR) is 147 cm³/mol. The predicted octanol–water partition coefficient (Wildman–Crippen LogP) is 6.94. The number of nitrogens with one attached hydrogen (secondary N) is 2. The first-order valence-electron chi connectivity index (χ1n) is 11.5. The van der Waals surface area contributed by atoms with Gasteiger partial charge in [0.1, 0.15) is 5.25 Å². The number of nitro groups is 1. The van der Waals surface area contributed by atoms with E-state index in [-0.39, 0.29) is 17.2 Å². The van der Waals surface area contributed by atoms with Crippen LogP contribution in [0.15, 0.2) is 102 Å². The van der Waals surface area contributed by atoms with Gasteiger partial charge in [-0.2, -0.15) is 0 Å². The first kappa shape index (κ1) is 25.7. The Balaban J connectivity index is 1.49. The van der Waals surface area contributed by atoms with Crippen LogP contribution in [0.4, 0.5) is 17.1 Å². The van der Waals surface area contributed by atoms with Crippen molar-refractivity contribution in [2.24, 2.45) is 0 Å². The van der Waals surface area contributed by atoms with E-state index < -0.39 is 16.1 Å². The van der Waals surface area contributed by atoms with E-state index >= 15 is 0 Å². The maximum absolute atomic E-state index is 13.3. The summed E-state index contributed by atoms with van der Waals surface area (Å²) in [6.45, 7) is 3.98. The molecule has 7 nitrogen and oxygen atoms in total. The fraction of sp³-hybridized carbons (Fsp3) is 0.103. The molecule has 0 spiro atoms. The van der Waals surface area contributed by atoms with Crippen LogP contribution in [0.25, 0.3) is 0 Å². The number of benzene rings is 4. The van der Waals surface area contributed by atoms with Gasteiger partial charge in [-0.1, -0.05) is 42.5 Å². The molecule has 4 rings (SSSR count). The number of carbonyl (C=O) groups is 2. The van der Waals surface area contributed by atoms with Gasteiger partial charge >= 0.3 is 0 Å². The third kappa shape index (κ3) is 6.83. The Labute approximate surface area is 219 Å². The van der Waals surface area contributed by atoms with E-state index in [1.807, 2.05) is 68.4 Å². The van der Waals surface area contributed by atoms with Crippen molar-refractivity contribution in [3.63, 3.8) is 0 Å². The van der Waals surface area contributed by atoms with Gasteiger partial charge in [-0.25, -0.2) is 0 Å². The minimum absolute atomic E-state index is 0.135. The van der Waals surface area contributed by atoms with Gasteiger partial charge in [-0.3, -0.25) is 19.7 Å². The molecule has 0 fully saturated rings. The Morgan fingerprint density at radius 1 is 0.784 bits per heavy atom. The summed E-state index contributed by atoms with van der Waals surface area (Å²) < 4.78 is 0. The molecule has 0 aliphatic rings. The molecule has 37 heavy (non-hydrogen) atoms. The summed E-state index contributed by atoms with van der Waals surface area (Å²) >= 11 is 1.41. The van der Waals surface area contributed by atoms with Crippen LogP contribution in [0, 0.1) is 24.0 Å². The van der Waals surface area contributed by atoms with E-state index in [0.717, 1.165) is 27.3 Å². The number of nitro benzene ring substituents is 1. The maximum atomic E-state index is 13.3. The topological polar surface area (TPSA) is 101 Å². The fourth-order valence-electron chi connectivity index (χ4n) is 3.87. The molecule has 2 amide bonds. The summed E-state index contributed by atoms with van der Waals surface area (Å²) in [5, 5.41) is 16.3. The zero-order valence-corrected chi connectivity index (χ0v) is 21.1. The van der Waals surface area contributed by atoms with Crippen molar-refractivity contribution in [1.29, 1.82) is 0 Å². The lowest BCUT2D eigenvalue weighted by molar-refractivity contribution is -0.384. The third-order valence-electron chi connectivity index (χ3n) is 5.51. The summed E-state index contributed by atoms with van der Waals surface area (Å²) in [5.74, 6) is -0.580. The van der Waals surface area contributed by atoms with Crippen LogP contribution in [0.2, 0.25) is 0 Å². The van der Waals surface area contributed by atoms with Crippen LogP contribution < -0.4 is 10.6 Å². The summed E-state index contributed by atoms with van der Waals surface area (Å²) in [6, 6.07) is 28.2. The van der Waals surface area contributed by atoms with Gasteiger partial charge < -0.3 is 10.6 Å². The standard InChI is InChI=1S/C29H25N3O4S/c1-19-15-20(2)17-24(16-19)31-29(34)27(21-7-4-3-5-8-21)37-26-13-11-23(12-14-26)30-28(33)22-9-6-10-25(18-22)32(35)36/h3-18,27H,1-2H3,(H,30,33)(H,31,34). The van der Waals surface area contributed by atoms with Crippen LogP contribution in [-0.4, -0.2) is 16.7 Å². The molecule has 1 unspecified atom stereocenters. The van der Waals surface area contributed by atoms with Crippen LogP contribution >= 0.6 is 11.8 Å². The van der Waals surface area contributed by atoms with Gasteiger partial charge in [0, 0.05) is 34.0 Å². The molecule has 0 aliphatic heterocycles. The van der Waals surface area contributed by atoms with E-state index in [4.69, 9.17) is 0 Å². The van der Waals surface area contributed by atoms with E-state index in [2.05, 4.69) is 16.7 Å². The second-order valence-corrected chi connectivity index (χ2v) is 9.74. The van der Waals surface area contributed by atoms with Gasteiger partial charge in [0.25, 0.3) is 11.6 Å². The van der Waals surface area contributed by atoms with Gasteiger partial charge in [0.05, 0.1) is 4.92 Å². The first-order valence-corrected chi connectivity index (χ1v) is 12.4. The van der Waals surface area contributed by atoms with Crippen molar-refractivity contribution in [1.82, 2.24) is 0 Å². The van der Waals surface area contributed by atoms with Crippen molar-refractivity contribution in [3.8, 4) is 0 Å². The summed E-state index contributed by atoms with van der Waals surface area (Å²) in [4.78, 5) is 37.2. The Hall–Kier alpha value is -4.43. The highest BCUT2D eigenvalue weighted by atomic mass is 32.2. The molecular formula is C29H25N3O4S. The largest absolute Gasteiger partial charge is 0.325 e. The van der Waals surface area contributed by atoms with Crippen molar-refractivity contribution in [3.05, 3.63) is 129 Å². The molecule has 0 bridgehead atoms. The number of hydrogen-bond donors (Lipinski definition) is 2. The first-order chi connectivity index (χ1) is 17.8. The normalized spacial score (nSPS) is 11.4. The molecule has 8 heteroatoms. The van der Waals surface area contributed by atoms with E-state index in [1.165, 1.54) is 36.0 Å². The number of thioether (sulfide) groups is 1. The third-order valence-corrected chi connectivity index (χ3v) is 6.78. The number of rotatable bonds is 8. The minimum atomic E-state index is -0.539. The monoisotopic (exact) mass is 511 g/mol. The molecule has 2 N–H and O–H groups in total. The van der Waals surface area contributed by atoms with E-state index in [9.17, 15) is 19.7 Å². The summed E-state index contributed by atoms with van der Waals surface area (Å²) in [7, 11) is 0. The molecule has 0 saturated carbocycles. The lowest BCUT2D eigenvalue weighted by atomic mass is 10.1. The smallest absolute Gasteiger partial charge is 0.270 e. The van der Waals surface area contributed by atoms with Crippen LogP contribution in [-0.2, 0) is 4.79 Å². The van der Waals surface area contributed by atoms with Gasteiger partial charge in [-0.05, 0) is 73.0 Å². The molecule has 0 aromatic heterocycles. The quantitative estimate of drug-likeness (QED) is 0.152. The number of aryl methyl sites for hydroxylation is 2. The van der Waals surface area contributed by atoms with Crippen LogP contribution in [0.3, 0.4) is 0 Å². The highest BCUT2D eigenvalue weighted by Crippen LogP contribution is 2.37. The van der Waals surface area contributed by atoms with Gasteiger partial charge in [0.15, 0.2) is 0 Å². The zero-order valence-electron chi connectivity index (χ0n) is 20.3. The van der Waals surface area contributed by atoms with E-state index in [1.54, 1.807) is 12.1 Å². The maximum Gasteiger partial charge on any atom is 0.270 e. The number of anilines is 2. The minimum Gasteiger partial charge on any atom is -0.325 e. The van der Waals surface area contributed by atoms with Crippen molar-refractivity contribution < 1.29 is 14.5 Å². The molecule has 1 atom stereocenters. The summed E-state index contributed by atoms with van der Waals surface area (Å²) in [5.41, 5.74) is 4.35. The number of carbonyl (C=O) groups excluding carboxylic acids is 2. The Kier molecular flexibility index (Phi) is 8.00. The number of amides is 2. The molecule has 0 radical (unpaired) electrons. The SMILES string of the molecule is Cc1cc(C)cc(NC(=O)C(Sc2ccc(NC(=O)c3cccc([N+](=O)[O-])c3)cc2)c2ccccc2)c1. The van der Waals surface area contributed by atoms with E-state index in [0.29, 0.717) is 5.69 Å². The number of non-ortho nitro benzene ring substituents is 1. The lowest BCUT2D eigenvalue weighted by Crippen LogP contribution is -2.19. The van der Waals surface area contributed by atoms with Crippen LogP contribution in [0.5, 0.6) is 0 Å².